The van der Waals surface area contributed by atoms with Crippen molar-refractivity contribution in [3.05, 3.63) is 54.8 Å². The SMILES string of the molecule is COc1ccc(-c2cnc(CNCCn3cccn3)o2)cc1. The summed E-state index contributed by atoms with van der Waals surface area (Å²) in [5.41, 5.74) is 0.982. The van der Waals surface area contributed by atoms with Gasteiger partial charge in [-0.05, 0) is 30.3 Å². The van der Waals surface area contributed by atoms with Crippen molar-refractivity contribution < 1.29 is 9.15 Å². The van der Waals surface area contributed by atoms with Gasteiger partial charge in [-0.2, -0.15) is 5.10 Å². The van der Waals surface area contributed by atoms with Crippen molar-refractivity contribution in [2.24, 2.45) is 0 Å². The fraction of sp³-hybridized carbons (Fsp3) is 0.250. The number of nitrogens with zero attached hydrogens (tertiary/aromatic N) is 3. The van der Waals surface area contributed by atoms with Crippen LogP contribution in [-0.4, -0.2) is 28.4 Å². The monoisotopic (exact) mass is 298 g/mol. The zero-order valence-electron chi connectivity index (χ0n) is 12.4. The number of hydrogen-bond donors (Lipinski definition) is 1. The van der Waals surface area contributed by atoms with Crippen LogP contribution in [-0.2, 0) is 13.1 Å². The molecular weight excluding hydrogens is 280 g/mol. The minimum absolute atomic E-state index is 0.595. The Kier molecular flexibility index (Phi) is 4.50. The van der Waals surface area contributed by atoms with Gasteiger partial charge in [0.15, 0.2) is 5.76 Å². The number of aromatic nitrogens is 3. The zero-order valence-corrected chi connectivity index (χ0v) is 12.4. The second kappa shape index (κ2) is 6.91. The summed E-state index contributed by atoms with van der Waals surface area (Å²) >= 11 is 0. The van der Waals surface area contributed by atoms with Crippen molar-refractivity contribution in [1.29, 1.82) is 0 Å². The molecule has 2 aromatic heterocycles. The summed E-state index contributed by atoms with van der Waals surface area (Å²) in [5.74, 6) is 2.25. The first-order valence-electron chi connectivity index (χ1n) is 7.12. The summed E-state index contributed by atoms with van der Waals surface area (Å²) in [7, 11) is 1.65. The zero-order chi connectivity index (χ0) is 15.2. The van der Waals surface area contributed by atoms with Crippen molar-refractivity contribution in [2.45, 2.75) is 13.1 Å². The van der Waals surface area contributed by atoms with Crippen molar-refractivity contribution in [2.75, 3.05) is 13.7 Å². The van der Waals surface area contributed by atoms with Gasteiger partial charge in [0.25, 0.3) is 0 Å². The van der Waals surface area contributed by atoms with Gasteiger partial charge in [-0.1, -0.05) is 0 Å². The summed E-state index contributed by atoms with van der Waals surface area (Å²) in [5, 5.41) is 7.43. The third-order valence-corrected chi connectivity index (χ3v) is 3.28. The van der Waals surface area contributed by atoms with Gasteiger partial charge in [-0.25, -0.2) is 4.98 Å². The molecule has 3 rings (SSSR count). The predicted molar refractivity (Wildman–Crippen MR) is 82.4 cm³/mol. The van der Waals surface area contributed by atoms with Crippen LogP contribution >= 0.6 is 0 Å². The minimum Gasteiger partial charge on any atom is -0.497 e. The normalized spacial score (nSPS) is 10.8. The van der Waals surface area contributed by atoms with E-state index in [1.165, 1.54) is 0 Å². The highest BCUT2D eigenvalue weighted by atomic mass is 16.5. The van der Waals surface area contributed by atoms with Crippen molar-refractivity contribution in [1.82, 2.24) is 20.1 Å². The first-order valence-corrected chi connectivity index (χ1v) is 7.12. The van der Waals surface area contributed by atoms with E-state index in [1.807, 2.05) is 41.2 Å². The fourth-order valence-electron chi connectivity index (χ4n) is 2.10. The highest BCUT2D eigenvalue weighted by Gasteiger charge is 2.06. The average molecular weight is 298 g/mol. The largest absolute Gasteiger partial charge is 0.497 e. The molecule has 0 saturated heterocycles. The smallest absolute Gasteiger partial charge is 0.208 e. The van der Waals surface area contributed by atoms with Crippen LogP contribution in [0.25, 0.3) is 11.3 Å². The molecule has 0 radical (unpaired) electrons. The Labute approximate surface area is 128 Å². The summed E-state index contributed by atoms with van der Waals surface area (Å²) in [4.78, 5) is 4.29. The van der Waals surface area contributed by atoms with E-state index < -0.39 is 0 Å². The van der Waals surface area contributed by atoms with Gasteiger partial charge in [0.05, 0.1) is 26.4 Å². The molecule has 2 heterocycles. The third kappa shape index (κ3) is 3.53. The van der Waals surface area contributed by atoms with E-state index in [9.17, 15) is 0 Å². The van der Waals surface area contributed by atoms with Crippen LogP contribution in [0.2, 0.25) is 0 Å². The molecule has 0 bridgehead atoms. The van der Waals surface area contributed by atoms with Gasteiger partial charge < -0.3 is 14.5 Å². The molecule has 0 saturated carbocycles. The molecule has 6 heteroatoms. The number of oxazole rings is 1. The fourth-order valence-corrected chi connectivity index (χ4v) is 2.10. The molecule has 114 valence electrons. The topological polar surface area (TPSA) is 65.1 Å². The molecule has 3 aromatic rings. The molecule has 0 aliphatic heterocycles. The third-order valence-electron chi connectivity index (χ3n) is 3.28. The first-order chi connectivity index (χ1) is 10.8. The first kappa shape index (κ1) is 14.3. The lowest BCUT2D eigenvalue weighted by Gasteiger charge is -2.02. The van der Waals surface area contributed by atoms with Gasteiger partial charge >= 0.3 is 0 Å². The molecule has 0 aliphatic rings. The number of ether oxygens (including phenoxy) is 1. The van der Waals surface area contributed by atoms with E-state index in [1.54, 1.807) is 19.5 Å². The maximum Gasteiger partial charge on any atom is 0.208 e. The van der Waals surface area contributed by atoms with Crippen LogP contribution < -0.4 is 10.1 Å². The molecule has 0 unspecified atom stereocenters. The molecule has 0 aliphatic carbocycles. The van der Waals surface area contributed by atoms with E-state index in [-0.39, 0.29) is 0 Å². The molecule has 0 amide bonds. The lowest BCUT2D eigenvalue weighted by molar-refractivity contribution is 0.415. The van der Waals surface area contributed by atoms with E-state index in [4.69, 9.17) is 9.15 Å². The van der Waals surface area contributed by atoms with Crippen LogP contribution in [0.1, 0.15) is 5.89 Å². The molecular formula is C16H18N4O2. The van der Waals surface area contributed by atoms with Gasteiger partial charge in [-0.3, -0.25) is 4.68 Å². The van der Waals surface area contributed by atoms with Crippen molar-refractivity contribution in [3.8, 4) is 17.1 Å². The molecule has 0 spiro atoms. The number of hydrogen-bond acceptors (Lipinski definition) is 5. The summed E-state index contributed by atoms with van der Waals surface area (Å²) in [6.45, 7) is 2.22. The van der Waals surface area contributed by atoms with Crippen LogP contribution in [0.3, 0.4) is 0 Å². The second-order valence-corrected chi connectivity index (χ2v) is 4.79. The summed E-state index contributed by atoms with van der Waals surface area (Å²) in [6.07, 6.45) is 5.45. The number of rotatable bonds is 7. The Hall–Kier alpha value is -2.60. The van der Waals surface area contributed by atoms with E-state index in [0.717, 1.165) is 30.2 Å². The van der Waals surface area contributed by atoms with E-state index in [0.29, 0.717) is 12.4 Å². The van der Waals surface area contributed by atoms with Gasteiger partial charge in [0, 0.05) is 24.5 Å². The van der Waals surface area contributed by atoms with Crippen LogP contribution in [0.15, 0.2) is 53.3 Å². The standard InChI is InChI=1S/C16H18N4O2/c1-21-14-5-3-13(4-6-14)15-11-18-16(22-15)12-17-8-10-20-9-2-7-19-20/h2-7,9,11,17H,8,10,12H2,1H3. The molecule has 22 heavy (non-hydrogen) atoms. The van der Waals surface area contributed by atoms with Gasteiger partial charge in [0.1, 0.15) is 5.75 Å². The number of methoxy groups -OCH3 is 1. The summed E-state index contributed by atoms with van der Waals surface area (Å²) < 4.78 is 12.8. The Bertz CT molecular complexity index is 689. The average Bonchev–Trinajstić information content (AvgIpc) is 3.23. The number of nitrogens with one attached hydrogen (secondary N) is 1. The van der Waals surface area contributed by atoms with Gasteiger partial charge in [0.2, 0.25) is 5.89 Å². The predicted octanol–water partition coefficient (Wildman–Crippen LogP) is 2.34. The molecule has 0 atom stereocenters. The summed E-state index contributed by atoms with van der Waals surface area (Å²) in [6, 6.07) is 9.62. The second-order valence-electron chi connectivity index (χ2n) is 4.79. The van der Waals surface area contributed by atoms with Crippen LogP contribution in [0, 0.1) is 0 Å². The Morgan fingerprint density at radius 2 is 2.14 bits per heavy atom. The molecule has 6 nitrogen and oxygen atoms in total. The molecule has 0 fully saturated rings. The maximum absolute atomic E-state index is 5.74. The Balaban J connectivity index is 1.52. The van der Waals surface area contributed by atoms with Crippen LogP contribution in [0.4, 0.5) is 0 Å². The molecule has 1 N–H and O–H groups in total. The highest BCUT2D eigenvalue weighted by molar-refractivity contribution is 5.57. The van der Waals surface area contributed by atoms with Crippen molar-refractivity contribution >= 4 is 0 Å². The lowest BCUT2D eigenvalue weighted by atomic mass is 10.2. The number of benzene rings is 1. The Morgan fingerprint density at radius 3 is 2.86 bits per heavy atom. The molecule has 1 aromatic carbocycles. The van der Waals surface area contributed by atoms with Crippen molar-refractivity contribution in [3.63, 3.8) is 0 Å². The highest BCUT2D eigenvalue weighted by Crippen LogP contribution is 2.22. The Morgan fingerprint density at radius 1 is 1.27 bits per heavy atom. The lowest BCUT2D eigenvalue weighted by Crippen LogP contribution is -2.19. The van der Waals surface area contributed by atoms with E-state index in [2.05, 4.69) is 15.4 Å². The van der Waals surface area contributed by atoms with E-state index >= 15 is 0 Å². The van der Waals surface area contributed by atoms with Gasteiger partial charge in [-0.15, -0.1) is 0 Å². The quantitative estimate of drug-likeness (QED) is 0.678. The minimum atomic E-state index is 0.595. The maximum atomic E-state index is 5.74. The van der Waals surface area contributed by atoms with Crippen LogP contribution in [0.5, 0.6) is 5.75 Å².